The van der Waals surface area contributed by atoms with Crippen molar-refractivity contribution in [3.63, 3.8) is 0 Å². The summed E-state index contributed by atoms with van der Waals surface area (Å²) in [6, 6.07) is 3.98. The number of piperidine rings is 1. The highest BCUT2D eigenvalue weighted by Crippen LogP contribution is 2.26. The van der Waals surface area contributed by atoms with Crippen LogP contribution in [-0.4, -0.2) is 55.8 Å². The van der Waals surface area contributed by atoms with Crippen molar-refractivity contribution in [1.82, 2.24) is 14.9 Å². The van der Waals surface area contributed by atoms with E-state index in [1.807, 2.05) is 0 Å². The van der Waals surface area contributed by atoms with Crippen molar-refractivity contribution < 1.29 is 18.1 Å². The van der Waals surface area contributed by atoms with Crippen LogP contribution in [0.3, 0.4) is 0 Å². The standard InChI is InChI=1S/C17H26N4O5S/c1-2-10-18-11-12-19-17(22)16-5-3-4-13-20(16)27(25,26)15-8-6-14(7-9-15)21(23)24/h6-9,16,18H,2-5,10-13H2,1H3,(H,19,22). The molecule has 10 heteroatoms. The molecule has 1 fully saturated rings. The van der Waals surface area contributed by atoms with Crippen LogP contribution in [0, 0.1) is 10.1 Å². The summed E-state index contributed by atoms with van der Waals surface area (Å²) in [4.78, 5) is 22.7. The van der Waals surface area contributed by atoms with Gasteiger partial charge in [-0.05, 0) is 37.9 Å². The topological polar surface area (TPSA) is 122 Å². The summed E-state index contributed by atoms with van der Waals surface area (Å²) in [5.74, 6) is -0.307. The van der Waals surface area contributed by atoms with Crippen LogP contribution in [0.5, 0.6) is 0 Å². The van der Waals surface area contributed by atoms with Crippen molar-refractivity contribution in [1.29, 1.82) is 0 Å². The molecule has 1 aliphatic heterocycles. The molecule has 0 bridgehead atoms. The molecule has 9 nitrogen and oxygen atoms in total. The van der Waals surface area contributed by atoms with E-state index in [9.17, 15) is 23.3 Å². The highest BCUT2D eigenvalue weighted by atomic mass is 32.2. The van der Waals surface area contributed by atoms with Crippen LogP contribution in [-0.2, 0) is 14.8 Å². The van der Waals surface area contributed by atoms with Gasteiger partial charge in [0, 0.05) is 31.8 Å². The van der Waals surface area contributed by atoms with Gasteiger partial charge in [0.25, 0.3) is 5.69 Å². The number of nitrogens with zero attached hydrogens (tertiary/aromatic N) is 2. The van der Waals surface area contributed by atoms with Gasteiger partial charge >= 0.3 is 0 Å². The van der Waals surface area contributed by atoms with E-state index >= 15 is 0 Å². The Hall–Kier alpha value is -2.04. The third-order valence-electron chi connectivity index (χ3n) is 4.44. The predicted molar refractivity (Wildman–Crippen MR) is 101 cm³/mol. The molecule has 27 heavy (non-hydrogen) atoms. The lowest BCUT2D eigenvalue weighted by atomic mass is 10.0. The summed E-state index contributed by atoms with van der Waals surface area (Å²) < 4.78 is 27.1. The Labute approximate surface area is 159 Å². The van der Waals surface area contributed by atoms with Crippen LogP contribution in [0.15, 0.2) is 29.2 Å². The number of hydrogen-bond acceptors (Lipinski definition) is 6. The summed E-state index contributed by atoms with van der Waals surface area (Å²) in [5, 5.41) is 16.7. The van der Waals surface area contributed by atoms with Crippen molar-refractivity contribution in [2.75, 3.05) is 26.2 Å². The van der Waals surface area contributed by atoms with Gasteiger partial charge in [0.15, 0.2) is 0 Å². The normalized spacial score (nSPS) is 18.2. The van der Waals surface area contributed by atoms with Crippen molar-refractivity contribution >= 4 is 21.6 Å². The number of nitro groups is 1. The van der Waals surface area contributed by atoms with Crippen molar-refractivity contribution in [2.45, 2.75) is 43.5 Å². The number of rotatable bonds is 9. The SMILES string of the molecule is CCCNCCNC(=O)C1CCCCN1S(=O)(=O)c1ccc([N+](=O)[O-])cc1. The number of nitrogens with one attached hydrogen (secondary N) is 2. The van der Waals surface area contributed by atoms with Gasteiger partial charge in [-0.3, -0.25) is 14.9 Å². The Morgan fingerprint density at radius 3 is 2.56 bits per heavy atom. The average Bonchev–Trinajstić information content (AvgIpc) is 2.67. The van der Waals surface area contributed by atoms with Crippen LogP contribution in [0.25, 0.3) is 0 Å². The monoisotopic (exact) mass is 398 g/mol. The number of hydrogen-bond donors (Lipinski definition) is 2. The van der Waals surface area contributed by atoms with Gasteiger partial charge in [-0.15, -0.1) is 0 Å². The number of nitro benzene ring substituents is 1. The van der Waals surface area contributed by atoms with Gasteiger partial charge in [0.2, 0.25) is 15.9 Å². The molecule has 1 atom stereocenters. The molecule has 2 rings (SSSR count). The van der Waals surface area contributed by atoms with E-state index in [1.165, 1.54) is 16.4 Å². The summed E-state index contributed by atoms with van der Waals surface area (Å²) in [5.41, 5.74) is -0.179. The van der Waals surface area contributed by atoms with Crippen LogP contribution in [0.4, 0.5) is 5.69 Å². The molecule has 0 aliphatic carbocycles. The molecule has 1 aromatic carbocycles. The number of sulfonamides is 1. The molecule has 2 N–H and O–H groups in total. The van der Waals surface area contributed by atoms with Gasteiger partial charge in [-0.25, -0.2) is 8.42 Å². The molecule has 1 aliphatic rings. The van der Waals surface area contributed by atoms with E-state index in [4.69, 9.17) is 0 Å². The van der Waals surface area contributed by atoms with Crippen molar-refractivity contribution in [3.8, 4) is 0 Å². The predicted octanol–water partition coefficient (Wildman–Crippen LogP) is 1.25. The Bertz CT molecular complexity index is 751. The molecule has 0 spiro atoms. The smallest absolute Gasteiger partial charge is 0.269 e. The van der Waals surface area contributed by atoms with Crippen molar-refractivity contribution in [3.05, 3.63) is 34.4 Å². The Balaban J connectivity index is 2.10. The molecule has 1 heterocycles. The lowest BCUT2D eigenvalue weighted by Crippen LogP contribution is -2.52. The number of carbonyl (C=O) groups is 1. The van der Waals surface area contributed by atoms with E-state index in [-0.39, 0.29) is 23.0 Å². The molecular weight excluding hydrogens is 372 g/mol. The second-order valence-corrected chi connectivity index (χ2v) is 8.31. The first-order chi connectivity index (χ1) is 12.9. The molecule has 1 saturated heterocycles. The molecular formula is C17H26N4O5S. The van der Waals surface area contributed by atoms with Gasteiger partial charge in [-0.1, -0.05) is 13.3 Å². The van der Waals surface area contributed by atoms with Gasteiger partial charge in [-0.2, -0.15) is 4.31 Å². The fourth-order valence-electron chi connectivity index (χ4n) is 3.02. The molecule has 0 saturated carbocycles. The number of carbonyl (C=O) groups excluding carboxylic acids is 1. The maximum absolute atomic E-state index is 13.0. The van der Waals surface area contributed by atoms with Gasteiger partial charge < -0.3 is 10.6 Å². The Morgan fingerprint density at radius 2 is 1.93 bits per heavy atom. The van der Waals surface area contributed by atoms with Crippen LogP contribution < -0.4 is 10.6 Å². The fourth-order valence-corrected chi connectivity index (χ4v) is 4.68. The fraction of sp³-hybridized carbons (Fsp3) is 0.588. The number of non-ortho nitro benzene ring substituents is 1. The molecule has 0 aromatic heterocycles. The van der Waals surface area contributed by atoms with E-state index in [0.717, 1.165) is 31.5 Å². The molecule has 1 aromatic rings. The number of benzene rings is 1. The Kier molecular flexibility index (Phi) is 7.69. The second kappa shape index (κ2) is 9.77. The molecule has 1 unspecified atom stereocenters. The first-order valence-corrected chi connectivity index (χ1v) is 10.6. The van der Waals surface area contributed by atoms with Crippen molar-refractivity contribution in [2.24, 2.45) is 0 Å². The zero-order valence-electron chi connectivity index (χ0n) is 15.4. The first kappa shape index (κ1) is 21.3. The molecule has 150 valence electrons. The third kappa shape index (κ3) is 5.47. The Morgan fingerprint density at radius 1 is 1.22 bits per heavy atom. The molecule has 0 radical (unpaired) electrons. The zero-order chi connectivity index (χ0) is 19.9. The van der Waals surface area contributed by atoms with Crippen LogP contribution in [0.2, 0.25) is 0 Å². The molecule has 1 amide bonds. The van der Waals surface area contributed by atoms with Gasteiger partial charge in [0.1, 0.15) is 6.04 Å². The minimum atomic E-state index is -3.90. The maximum atomic E-state index is 13.0. The average molecular weight is 398 g/mol. The minimum Gasteiger partial charge on any atom is -0.353 e. The summed E-state index contributed by atoms with van der Waals surface area (Å²) in [6.07, 6.45) is 2.91. The highest BCUT2D eigenvalue weighted by molar-refractivity contribution is 7.89. The zero-order valence-corrected chi connectivity index (χ0v) is 16.2. The van der Waals surface area contributed by atoms with E-state index in [0.29, 0.717) is 25.9 Å². The van der Waals surface area contributed by atoms with E-state index in [2.05, 4.69) is 17.6 Å². The van der Waals surface area contributed by atoms with E-state index < -0.39 is 21.0 Å². The first-order valence-electron chi connectivity index (χ1n) is 9.12. The van der Waals surface area contributed by atoms with Gasteiger partial charge in [0.05, 0.1) is 9.82 Å². The van der Waals surface area contributed by atoms with Crippen LogP contribution in [0.1, 0.15) is 32.6 Å². The summed E-state index contributed by atoms with van der Waals surface area (Å²) in [6.45, 7) is 4.22. The number of amides is 1. The minimum absolute atomic E-state index is 0.0441. The second-order valence-electron chi connectivity index (χ2n) is 6.42. The maximum Gasteiger partial charge on any atom is 0.269 e. The quantitative estimate of drug-likeness (QED) is 0.367. The third-order valence-corrected chi connectivity index (χ3v) is 6.36. The lowest BCUT2D eigenvalue weighted by molar-refractivity contribution is -0.384. The van der Waals surface area contributed by atoms with Crippen LogP contribution >= 0.6 is 0 Å². The summed E-state index contributed by atoms with van der Waals surface area (Å²) in [7, 11) is -3.90. The lowest BCUT2D eigenvalue weighted by Gasteiger charge is -2.33. The summed E-state index contributed by atoms with van der Waals surface area (Å²) >= 11 is 0. The van der Waals surface area contributed by atoms with E-state index in [1.54, 1.807) is 0 Å². The largest absolute Gasteiger partial charge is 0.353 e. The highest BCUT2D eigenvalue weighted by Gasteiger charge is 2.37.